The third-order valence-electron chi connectivity index (χ3n) is 5.95. The first kappa shape index (κ1) is 30.6. The molecule has 14 heteroatoms. The molecule has 3 aromatic rings. The van der Waals surface area contributed by atoms with E-state index in [4.69, 9.17) is 92.2 Å². The molecule has 4 rings (SSSR count). The molecule has 0 saturated carbocycles. The lowest BCUT2D eigenvalue weighted by Gasteiger charge is -2.27. The van der Waals surface area contributed by atoms with E-state index in [9.17, 15) is 10.1 Å². The molecule has 1 atom stereocenters. The van der Waals surface area contributed by atoms with E-state index in [1.807, 2.05) is 0 Å². The van der Waals surface area contributed by atoms with Crippen LogP contribution in [-0.4, -0.2) is 33.9 Å². The van der Waals surface area contributed by atoms with Crippen LogP contribution in [0.5, 0.6) is 34.5 Å². The maximum Gasteiger partial charge on any atom is 0.349 e. The van der Waals surface area contributed by atoms with Gasteiger partial charge >= 0.3 is 5.97 Å². The van der Waals surface area contributed by atoms with Crippen molar-refractivity contribution in [3.8, 4) is 40.6 Å². The van der Waals surface area contributed by atoms with E-state index in [2.05, 4.69) is 6.07 Å². The van der Waals surface area contributed by atoms with Crippen molar-refractivity contribution in [2.75, 3.05) is 27.9 Å². The third-order valence-corrected chi connectivity index (χ3v) is 8.19. The molecule has 1 aliphatic heterocycles. The van der Waals surface area contributed by atoms with E-state index in [1.54, 1.807) is 18.2 Å². The summed E-state index contributed by atoms with van der Waals surface area (Å²) in [5.41, 5.74) is 7.48. The molecular formula is C27H19Cl5N2O7. The number of ether oxygens (including phenoxy) is 6. The molecule has 41 heavy (non-hydrogen) atoms. The van der Waals surface area contributed by atoms with Crippen molar-refractivity contribution in [2.45, 2.75) is 5.92 Å². The summed E-state index contributed by atoms with van der Waals surface area (Å²) in [6.45, 7) is -0.597. The van der Waals surface area contributed by atoms with Crippen molar-refractivity contribution >= 4 is 64.0 Å². The summed E-state index contributed by atoms with van der Waals surface area (Å²) in [6.07, 6.45) is 0. The van der Waals surface area contributed by atoms with Crippen molar-refractivity contribution in [2.24, 2.45) is 5.73 Å². The van der Waals surface area contributed by atoms with Crippen LogP contribution in [0, 0.1) is 11.3 Å². The van der Waals surface area contributed by atoms with Gasteiger partial charge in [0.15, 0.2) is 23.9 Å². The summed E-state index contributed by atoms with van der Waals surface area (Å²) in [5, 5.41) is 9.46. The number of nitrogens with zero attached hydrogens (tertiary/aromatic N) is 1. The first-order chi connectivity index (χ1) is 19.6. The molecular weight excluding hydrogens is 642 g/mol. The Morgan fingerprint density at radius 3 is 2.02 bits per heavy atom. The fourth-order valence-electron chi connectivity index (χ4n) is 4.11. The van der Waals surface area contributed by atoms with E-state index >= 15 is 0 Å². The van der Waals surface area contributed by atoms with Gasteiger partial charge in [0.25, 0.3) is 0 Å². The summed E-state index contributed by atoms with van der Waals surface area (Å²) >= 11 is 30.3. The van der Waals surface area contributed by atoms with Gasteiger partial charge in [0.2, 0.25) is 11.6 Å². The first-order valence-electron chi connectivity index (χ1n) is 11.4. The number of carbonyl (C=O) groups excluding carboxylic acids is 1. The van der Waals surface area contributed by atoms with Gasteiger partial charge in [0, 0.05) is 11.6 Å². The van der Waals surface area contributed by atoms with Gasteiger partial charge in [-0.05, 0) is 23.8 Å². The van der Waals surface area contributed by atoms with E-state index in [-0.39, 0.29) is 53.8 Å². The number of hydrogen-bond donors (Lipinski definition) is 1. The topological polar surface area (TPSA) is 122 Å². The lowest BCUT2D eigenvalue weighted by Crippen LogP contribution is -2.22. The molecule has 0 saturated heterocycles. The van der Waals surface area contributed by atoms with Crippen molar-refractivity contribution in [1.29, 1.82) is 5.26 Å². The summed E-state index contributed by atoms with van der Waals surface area (Å²) in [7, 11) is 4.45. The van der Waals surface area contributed by atoms with Gasteiger partial charge in [0.1, 0.15) is 33.2 Å². The standard InChI is InChI=1S/C27H19Cl5N2O7/c1-36-16-6-11(7-17(37-2)25(16)38-3)19-13-5-4-12(8-15(13)41-27(34)14(19)9-33)40-18(35)10-39-26-23(31)21(29)20(28)22(30)24(26)32/h4-8,19H,10,34H2,1-3H3. The zero-order valence-electron chi connectivity index (χ0n) is 21.4. The van der Waals surface area contributed by atoms with Crippen LogP contribution < -0.4 is 34.2 Å². The number of rotatable bonds is 8. The van der Waals surface area contributed by atoms with Gasteiger partial charge in [-0.15, -0.1) is 0 Å². The number of allylic oxidation sites excluding steroid dienone is 1. The Bertz CT molecular complexity index is 1570. The second kappa shape index (κ2) is 12.6. The Morgan fingerprint density at radius 2 is 1.49 bits per heavy atom. The third kappa shape index (κ3) is 5.85. The molecule has 2 N–H and O–H groups in total. The molecule has 214 valence electrons. The molecule has 1 unspecified atom stereocenters. The largest absolute Gasteiger partial charge is 0.493 e. The van der Waals surface area contributed by atoms with Crippen LogP contribution in [0.3, 0.4) is 0 Å². The quantitative estimate of drug-likeness (QED) is 0.116. The average Bonchev–Trinajstić information content (AvgIpc) is 2.97. The average molecular weight is 661 g/mol. The van der Waals surface area contributed by atoms with Crippen LogP contribution in [0.2, 0.25) is 25.1 Å². The number of benzene rings is 3. The summed E-state index contributed by atoms with van der Waals surface area (Å²) in [6, 6.07) is 10.2. The summed E-state index contributed by atoms with van der Waals surface area (Å²) in [5.74, 6) is -0.185. The molecule has 0 fully saturated rings. The highest BCUT2D eigenvalue weighted by Crippen LogP contribution is 2.49. The van der Waals surface area contributed by atoms with Crippen LogP contribution in [0.1, 0.15) is 17.0 Å². The van der Waals surface area contributed by atoms with Crippen LogP contribution in [0.15, 0.2) is 41.8 Å². The van der Waals surface area contributed by atoms with E-state index in [0.29, 0.717) is 28.4 Å². The molecule has 0 aromatic heterocycles. The Labute approximate surface area is 259 Å². The van der Waals surface area contributed by atoms with Gasteiger partial charge in [0.05, 0.1) is 42.3 Å². The summed E-state index contributed by atoms with van der Waals surface area (Å²) in [4.78, 5) is 12.6. The van der Waals surface area contributed by atoms with Gasteiger partial charge in [-0.1, -0.05) is 64.1 Å². The monoisotopic (exact) mass is 658 g/mol. The van der Waals surface area contributed by atoms with Crippen molar-refractivity contribution in [1.82, 2.24) is 0 Å². The zero-order valence-corrected chi connectivity index (χ0v) is 25.2. The van der Waals surface area contributed by atoms with Crippen molar-refractivity contribution in [3.63, 3.8) is 0 Å². The number of methoxy groups -OCH3 is 3. The normalized spacial score (nSPS) is 14.0. The second-order valence-electron chi connectivity index (χ2n) is 8.24. The molecule has 0 amide bonds. The highest BCUT2D eigenvalue weighted by molar-refractivity contribution is 6.55. The van der Waals surface area contributed by atoms with E-state index in [0.717, 1.165) is 0 Å². The van der Waals surface area contributed by atoms with Crippen LogP contribution in [0.25, 0.3) is 0 Å². The number of esters is 1. The fourth-order valence-corrected chi connectivity index (χ4v) is 5.34. The van der Waals surface area contributed by atoms with Crippen LogP contribution in [-0.2, 0) is 4.79 Å². The molecule has 0 radical (unpaired) electrons. The van der Waals surface area contributed by atoms with Crippen molar-refractivity contribution < 1.29 is 33.2 Å². The number of carbonyl (C=O) groups is 1. The molecule has 3 aromatic carbocycles. The lowest BCUT2D eigenvalue weighted by atomic mass is 9.83. The van der Waals surface area contributed by atoms with Gasteiger partial charge in [-0.25, -0.2) is 4.79 Å². The molecule has 1 aliphatic rings. The number of hydrogen-bond acceptors (Lipinski definition) is 9. The Kier molecular flexibility index (Phi) is 9.42. The van der Waals surface area contributed by atoms with Gasteiger partial charge < -0.3 is 34.2 Å². The molecule has 1 heterocycles. The van der Waals surface area contributed by atoms with Gasteiger partial charge in [-0.3, -0.25) is 0 Å². The molecule has 9 nitrogen and oxygen atoms in total. The number of fused-ring (bicyclic) bond motifs is 1. The fraction of sp³-hybridized carbons (Fsp3) is 0.185. The summed E-state index contributed by atoms with van der Waals surface area (Å²) < 4.78 is 32.9. The van der Waals surface area contributed by atoms with Crippen LogP contribution >= 0.6 is 58.0 Å². The zero-order chi connectivity index (χ0) is 30.0. The van der Waals surface area contributed by atoms with Crippen LogP contribution in [0.4, 0.5) is 0 Å². The maximum atomic E-state index is 12.6. The first-order valence-corrected chi connectivity index (χ1v) is 13.3. The number of nitrogens with two attached hydrogens (primary N) is 1. The molecule has 0 aliphatic carbocycles. The minimum atomic E-state index is -0.808. The molecule has 0 bridgehead atoms. The highest BCUT2D eigenvalue weighted by atomic mass is 35.5. The second-order valence-corrected chi connectivity index (χ2v) is 10.1. The van der Waals surface area contributed by atoms with Crippen molar-refractivity contribution in [3.05, 3.63) is 78.0 Å². The SMILES string of the molecule is COc1cc(C2C(C#N)=C(N)Oc3cc(OC(=O)COc4c(Cl)c(Cl)c(Cl)c(Cl)c4Cl)ccc32)cc(OC)c1OC. The number of nitriles is 1. The van der Waals surface area contributed by atoms with E-state index in [1.165, 1.54) is 33.5 Å². The highest BCUT2D eigenvalue weighted by Gasteiger charge is 2.33. The maximum absolute atomic E-state index is 12.6. The minimum Gasteiger partial charge on any atom is -0.493 e. The number of halogens is 5. The Balaban J connectivity index is 1.62. The van der Waals surface area contributed by atoms with Gasteiger partial charge in [-0.2, -0.15) is 5.26 Å². The minimum absolute atomic E-state index is 0.0509. The predicted octanol–water partition coefficient (Wildman–Crippen LogP) is 7.18. The Morgan fingerprint density at radius 1 is 0.902 bits per heavy atom. The lowest BCUT2D eigenvalue weighted by molar-refractivity contribution is -0.136. The predicted molar refractivity (Wildman–Crippen MR) is 154 cm³/mol. The Hall–Kier alpha value is -3.39. The van der Waals surface area contributed by atoms with E-state index < -0.39 is 18.5 Å². The smallest absolute Gasteiger partial charge is 0.349 e. The molecule has 0 spiro atoms.